The van der Waals surface area contributed by atoms with E-state index in [9.17, 15) is 9.59 Å². The van der Waals surface area contributed by atoms with Gasteiger partial charge in [0, 0.05) is 33.8 Å². The third kappa shape index (κ3) is 4.84. The van der Waals surface area contributed by atoms with Crippen molar-refractivity contribution in [3.8, 4) is 23.0 Å². The van der Waals surface area contributed by atoms with Crippen molar-refractivity contribution in [2.75, 3.05) is 35.5 Å². The van der Waals surface area contributed by atoms with E-state index in [1.54, 1.807) is 47.5 Å². The van der Waals surface area contributed by atoms with Crippen LogP contribution < -0.4 is 18.9 Å². The van der Waals surface area contributed by atoms with Gasteiger partial charge in [-0.3, -0.25) is 14.6 Å². The first-order valence-electron chi connectivity index (χ1n) is 11.8. The lowest BCUT2D eigenvalue weighted by Gasteiger charge is -2.37. The highest BCUT2D eigenvalue weighted by Gasteiger charge is 2.45. The summed E-state index contributed by atoms with van der Waals surface area (Å²) in [4.78, 5) is 31.6. The molecule has 0 N–H and O–H groups in total. The molecule has 0 saturated carbocycles. The van der Waals surface area contributed by atoms with Crippen molar-refractivity contribution in [2.45, 2.75) is 31.6 Å². The van der Waals surface area contributed by atoms with Crippen LogP contribution in [0.25, 0.3) is 0 Å². The molecule has 0 saturated heterocycles. The Morgan fingerprint density at radius 1 is 0.892 bits per heavy atom. The fraction of sp³-hybridized carbons (Fsp3) is 0.393. The molecule has 0 spiro atoms. The molecule has 0 aromatic heterocycles. The molecule has 0 amide bonds. The van der Waals surface area contributed by atoms with Crippen LogP contribution in [0.4, 0.5) is 0 Å². The number of nitrogens with zero attached hydrogens (tertiary/aromatic N) is 1. The van der Waals surface area contributed by atoms with E-state index >= 15 is 0 Å². The molecule has 2 aliphatic rings. The fourth-order valence-corrected chi connectivity index (χ4v) is 5.85. The Hall–Kier alpha value is -3.33. The minimum absolute atomic E-state index is 0.0575. The molecular weight excluding hydrogens is 542 g/mol. The fourth-order valence-electron chi connectivity index (χ4n) is 5.28. The van der Waals surface area contributed by atoms with Crippen LogP contribution in [0.5, 0.6) is 23.0 Å². The summed E-state index contributed by atoms with van der Waals surface area (Å²) in [5.41, 5.74) is 3.50. The molecule has 2 aromatic carbocycles. The second kappa shape index (κ2) is 11.0. The van der Waals surface area contributed by atoms with Crippen molar-refractivity contribution in [1.82, 2.24) is 0 Å². The second-order valence-electron chi connectivity index (χ2n) is 8.96. The van der Waals surface area contributed by atoms with E-state index in [1.807, 2.05) is 18.2 Å². The van der Waals surface area contributed by atoms with Gasteiger partial charge in [0.1, 0.15) is 5.92 Å². The first kappa shape index (κ1) is 26.7. The summed E-state index contributed by atoms with van der Waals surface area (Å²) in [6.45, 7) is 1.80. The molecule has 0 fully saturated rings. The molecular formula is C28H30BrNO7. The van der Waals surface area contributed by atoms with Crippen molar-refractivity contribution in [3.63, 3.8) is 0 Å². The maximum atomic E-state index is 13.8. The van der Waals surface area contributed by atoms with Crippen LogP contribution in [0, 0.1) is 5.92 Å². The first-order chi connectivity index (χ1) is 17.8. The Balaban J connectivity index is 1.84. The number of ketones is 1. The third-order valence-electron chi connectivity index (χ3n) is 7.06. The molecule has 0 radical (unpaired) electrons. The number of Topliss-reactive ketones (excluding diaryl/α,β-unsaturated/α-hetero) is 1. The van der Waals surface area contributed by atoms with Crippen molar-refractivity contribution >= 4 is 33.4 Å². The highest BCUT2D eigenvalue weighted by Crippen LogP contribution is 2.50. The smallest absolute Gasteiger partial charge is 0.315 e. The van der Waals surface area contributed by atoms with Gasteiger partial charge in [-0.2, -0.15) is 0 Å². The minimum atomic E-state index is -0.750. The first-order valence-corrected chi connectivity index (χ1v) is 12.6. The maximum absolute atomic E-state index is 13.8. The predicted molar refractivity (Wildman–Crippen MR) is 142 cm³/mol. The lowest BCUT2D eigenvalue weighted by molar-refractivity contribution is -0.143. The van der Waals surface area contributed by atoms with Crippen LogP contribution in [0.3, 0.4) is 0 Å². The predicted octanol–water partition coefficient (Wildman–Crippen LogP) is 5.23. The lowest BCUT2D eigenvalue weighted by atomic mass is 9.69. The van der Waals surface area contributed by atoms with E-state index in [2.05, 4.69) is 15.9 Å². The van der Waals surface area contributed by atoms with E-state index in [4.69, 9.17) is 28.7 Å². The molecule has 9 heteroatoms. The second-order valence-corrected chi connectivity index (χ2v) is 9.82. The Morgan fingerprint density at radius 3 is 2.14 bits per heavy atom. The van der Waals surface area contributed by atoms with Gasteiger partial charge in [0.05, 0.1) is 35.5 Å². The number of halogens is 1. The summed E-state index contributed by atoms with van der Waals surface area (Å²) >= 11 is 3.63. The molecule has 1 unspecified atom stereocenters. The Labute approximate surface area is 224 Å². The summed E-state index contributed by atoms with van der Waals surface area (Å²) in [7, 11) is 7.61. The van der Waals surface area contributed by atoms with Gasteiger partial charge in [-0.25, -0.2) is 0 Å². The van der Waals surface area contributed by atoms with Gasteiger partial charge in [0.25, 0.3) is 0 Å². The molecule has 1 aliphatic carbocycles. The monoisotopic (exact) mass is 571 g/mol. The van der Waals surface area contributed by atoms with E-state index in [1.165, 1.54) is 7.11 Å². The van der Waals surface area contributed by atoms with Gasteiger partial charge in [0.15, 0.2) is 28.8 Å². The average molecular weight is 572 g/mol. The number of esters is 1. The zero-order valence-electron chi connectivity index (χ0n) is 21.7. The Bertz CT molecular complexity index is 1300. The topological polar surface area (TPSA) is 92.7 Å². The zero-order chi connectivity index (χ0) is 26.9. The summed E-state index contributed by atoms with van der Waals surface area (Å²) in [6.07, 6.45) is 0.821. The minimum Gasteiger partial charge on any atom is -0.493 e. The molecule has 1 heterocycles. The number of allylic oxidation sites excluding steroid dienone is 2. The highest BCUT2D eigenvalue weighted by molar-refractivity contribution is 9.10. The maximum Gasteiger partial charge on any atom is 0.315 e. The van der Waals surface area contributed by atoms with Gasteiger partial charge in [0.2, 0.25) is 0 Å². The summed E-state index contributed by atoms with van der Waals surface area (Å²) in [5, 5.41) is 0. The van der Waals surface area contributed by atoms with Gasteiger partial charge in [-0.1, -0.05) is 22.0 Å². The standard InChI is InChI=1S/C28H30BrNO7/c1-14-25(28(32)37-6)26(17-12-23(35-4)24(36-5)13-18(17)29)27-19(30-14)9-16(10-20(27)31)15-7-8-21(33-2)22(11-15)34-3/h7-8,11-13,16,25-26H,9-10H2,1-6H3/t16-,25?,26-/m1/s1. The number of carbonyl (C=O) groups is 2. The van der Waals surface area contributed by atoms with E-state index in [0.717, 1.165) is 11.1 Å². The van der Waals surface area contributed by atoms with Crippen LogP contribution in [0.2, 0.25) is 0 Å². The summed E-state index contributed by atoms with van der Waals surface area (Å²) < 4.78 is 27.7. The van der Waals surface area contributed by atoms with Gasteiger partial charge in [-0.15, -0.1) is 0 Å². The number of carbonyl (C=O) groups excluding carboxylic acids is 2. The Morgan fingerprint density at radius 2 is 1.51 bits per heavy atom. The zero-order valence-corrected chi connectivity index (χ0v) is 23.3. The van der Waals surface area contributed by atoms with Crippen LogP contribution in [-0.2, 0) is 14.3 Å². The molecule has 2 aromatic rings. The molecule has 4 rings (SSSR count). The van der Waals surface area contributed by atoms with Gasteiger partial charge >= 0.3 is 5.97 Å². The van der Waals surface area contributed by atoms with E-state index in [-0.39, 0.29) is 18.1 Å². The highest BCUT2D eigenvalue weighted by atomic mass is 79.9. The van der Waals surface area contributed by atoms with Crippen LogP contribution in [0.15, 0.2) is 51.1 Å². The van der Waals surface area contributed by atoms with Gasteiger partial charge < -0.3 is 23.7 Å². The number of hydrogen-bond donors (Lipinski definition) is 0. The van der Waals surface area contributed by atoms with Crippen molar-refractivity contribution in [3.05, 3.63) is 57.2 Å². The van der Waals surface area contributed by atoms with Crippen molar-refractivity contribution in [2.24, 2.45) is 10.9 Å². The number of methoxy groups -OCH3 is 5. The normalized spacial score (nSPS) is 21.1. The summed E-state index contributed by atoms with van der Waals surface area (Å²) in [5.74, 6) is 0.323. The molecule has 196 valence electrons. The van der Waals surface area contributed by atoms with E-state index < -0.39 is 17.8 Å². The molecule has 37 heavy (non-hydrogen) atoms. The lowest BCUT2D eigenvalue weighted by Crippen LogP contribution is -2.38. The number of ether oxygens (including phenoxy) is 5. The van der Waals surface area contributed by atoms with Crippen LogP contribution in [0.1, 0.15) is 42.7 Å². The molecule has 3 atom stereocenters. The summed E-state index contributed by atoms with van der Waals surface area (Å²) in [6, 6.07) is 9.28. The quantitative estimate of drug-likeness (QED) is 0.420. The molecule has 0 bridgehead atoms. The number of hydrogen-bond acceptors (Lipinski definition) is 8. The molecule has 1 aliphatic heterocycles. The van der Waals surface area contributed by atoms with Crippen molar-refractivity contribution in [1.29, 1.82) is 0 Å². The number of aliphatic imine (C=N–C) groups is 1. The van der Waals surface area contributed by atoms with Crippen LogP contribution >= 0.6 is 15.9 Å². The SMILES string of the molecule is COC(=O)C1C(C)=NC2=C(C(=O)C[C@H](c3ccc(OC)c(OC)c3)C2)[C@@H]1c1cc(OC)c(OC)cc1Br. The average Bonchev–Trinajstić information content (AvgIpc) is 2.91. The van der Waals surface area contributed by atoms with Crippen molar-refractivity contribution < 1.29 is 33.3 Å². The molecule has 8 nitrogen and oxygen atoms in total. The number of benzene rings is 2. The largest absolute Gasteiger partial charge is 0.493 e. The van der Waals surface area contributed by atoms with Gasteiger partial charge in [-0.05, 0) is 54.7 Å². The third-order valence-corrected chi connectivity index (χ3v) is 7.75. The number of rotatable bonds is 7. The van der Waals surface area contributed by atoms with E-state index in [0.29, 0.717) is 50.9 Å². The Kier molecular flexibility index (Phi) is 7.92. The van der Waals surface area contributed by atoms with Crippen LogP contribution in [-0.4, -0.2) is 53.0 Å².